The average molecular weight is 446 g/mol. The SMILES string of the molecule is CCCn1c(SCC(=O)Nc2ccc(Cl)c([N+](=O)[O-])c2)nnc1-c1cccc(C)c1. The smallest absolute Gasteiger partial charge is 0.289 e. The van der Waals surface area contributed by atoms with Crippen molar-refractivity contribution in [3.63, 3.8) is 0 Å². The minimum Gasteiger partial charge on any atom is -0.325 e. The maximum Gasteiger partial charge on any atom is 0.289 e. The lowest BCUT2D eigenvalue weighted by molar-refractivity contribution is -0.384. The number of carbonyl (C=O) groups is 1. The molecule has 1 aromatic heterocycles. The van der Waals surface area contributed by atoms with E-state index in [1.165, 1.54) is 30.0 Å². The second kappa shape index (κ2) is 9.73. The molecule has 0 aliphatic heterocycles. The molecule has 1 N–H and O–H groups in total. The summed E-state index contributed by atoms with van der Waals surface area (Å²) in [7, 11) is 0. The molecular formula is C20H20ClN5O3S. The lowest BCUT2D eigenvalue weighted by Gasteiger charge is -2.09. The Kier molecular flexibility index (Phi) is 7.07. The van der Waals surface area contributed by atoms with Crippen LogP contribution in [0.25, 0.3) is 11.4 Å². The zero-order valence-corrected chi connectivity index (χ0v) is 18.0. The van der Waals surface area contributed by atoms with E-state index in [4.69, 9.17) is 11.6 Å². The highest BCUT2D eigenvalue weighted by Crippen LogP contribution is 2.28. The van der Waals surface area contributed by atoms with Gasteiger partial charge in [-0.3, -0.25) is 14.9 Å². The van der Waals surface area contributed by atoms with E-state index < -0.39 is 4.92 Å². The van der Waals surface area contributed by atoms with Crippen molar-refractivity contribution >= 4 is 40.6 Å². The highest BCUT2D eigenvalue weighted by molar-refractivity contribution is 7.99. The fourth-order valence-electron chi connectivity index (χ4n) is 2.88. The predicted molar refractivity (Wildman–Crippen MR) is 118 cm³/mol. The average Bonchev–Trinajstić information content (AvgIpc) is 3.10. The summed E-state index contributed by atoms with van der Waals surface area (Å²) in [6.45, 7) is 4.81. The Bertz CT molecular complexity index is 1090. The molecule has 2 aromatic carbocycles. The van der Waals surface area contributed by atoms with Crippen molar-refractivity contribution in [1.29, 1.82) is 0 Å². The number of amides is 1. The first kappa shape index (κ1) is 21.8. The first-order valence-electron chi connectivity index (χ1n) is 9.26. The number of hydrogen-bond acceptors (Lipinski definition) is 6. The first-order chi connectivity index (χ1) is 14.4. The van der Waals surface area contributed by atoms with Crippen LogP contribution in [0.2, 0.25) is 5.02 Å². The van der Waals surface area contributed by atoms with Crippen LogP contribution in [0.1, 0.15) is 18.9 Å². The molecular weight excluding hydrogens is 426 g/mol. The number of nitro groups is 1. The third-order valence-electron chi connectivity index (χ3n) is 4.20. The van der Waals surface area contributed by atoms with Gasteiger partial charge in [0.1, 0.15) is 5.02 Å². The number of aryl methyl sites for hydroxylation is 1. The minimum absolute atomic E-state index is 0.0173. The van der Waals surface area contributed by atoms with Gasteiger partial charge in [-0.2, -0.15) is 0 Å². The van der Waals surface area contributed by atoms with Crippen molar-refractivity contribution in [1.82, 2.24) is 14.8 Å². The number of hydrogen-bond donors (Lipinski definition) is 1. The maximum absolute atomic E-state index is 12.4. The highest BCUT2D eigenvalue weighted by atomic mass is 35.5. The van der Waals surface area contributed by atoms with Gasteiger partial charge in [0.05, 0.1) is 10.7 Å². The molecule has 156 valence electrons. The van der Waals surface area contributed by atoms with Gasteiger partial charge in [0.15, 0.2) is 11.0 Å². The number of halogens is 1. The second-order valence-electron chi connectivity index (χ2n) is 6.59. The molecule has 0 aliphatic carbocycles. The van der Waals surface area contributed by atoms with Crippen LogP contribution in [0.4, 0.5) is 11.4 Å². The van der Waals surface area contributed by atoms with Crippen LogP contribution in [-0.4, -0.2) is 31.3 Å². The maximum atomic E-state index is 12.4. The van der Waals surface area contributed by atoms with Crippen LogP contribution in [0, 0.1) is 17.0 Å². The molecule has 3 aromatic rings. The number of aromatic nitrogens is 3. The van der Waals surface area contributed by atoms with Crippen LogP contribution in [0.5, 0.6) is 0 Å². The van der Waals surface area contributed by atoms with Gasteiger partial charge in [0, 0.05) is 23.9 Å². The summed E-state index contributed by atoms with van der Waals surface area (Å²) in [4.78, 5) is 22.8. The third-order valence-corrected chi connectivity index (χ3v) is 5.49. The fourth-order valence-corrected chi connectivity index (χ4v) is 3.83. The number of anilines is 1. The van der Waals surface area contributed by atoms with Crippen molar-refractivity contribution in [2.45, 2.75) is 32.0 Å². The largest absolute Gasteiger partial charge is 0.325 e. The van der Waals surface area contributed by atoms with E-state index in [-0.39, 0.29) is 22.4 Å². The van der Waals surface area contributed by atoms with Gasteiger partial charge in [0.25, 0.3) is 5.69 Å². The van der Waals surface area contributed by atoms with Crippen molar-refractivity contribution in [2.75, 3.05) is 11.1 Å². The van der Waals surface area contributed by atoms with Gasteiger partial charge in [0.2, 0.25) is 5.91 Å². The third kappa shape index (κ3) is 5.17. The topological polar surface area (TPSA) is 103 Å². The molecule has 0 aliphatic rings. The molecule has 30 heavy (non-hydrogen) atoms. The van der Waals surface area contributed by atoms with Gasteiger partial charge < -0.3 is 9.88 Å². The summed E-state index contributed by atoms with van der Waals surface area (Å²) in [5.74, 6) is 0.545. The Labute approximate surface area is 182 Å². The van der Waals surface area contributed by atoms with Crippen LogP contribution in [0.15, 0.2) is 47.6 Å². The molecule has 8 nitrogen and oxygen atoms in total. The summed E-state index contributed by atoms with van der Waals surface area (Å²) in [5, 5.41) is 22.9. The molecule has 10 heteroatoms. The van der Waals surface area contributed by atoms with E-state index in [0.29, 0.717) is 10.8 Å². The van der Waals surface area contributed by atoms with Crippen LogP contribution < -0.4 is 5.32 Å². The van der Waals surface area contributed by atoms with E-state index in [9.17, 15) is 14.9 Å². The van der Waals surface area contributed by atoms with Crippen molar-refractivity contribution in [3.05, 3.63) is 63.2 Å². The Morgan fingerprint density at radius 2 is 2.07 bits per heavy atom. The Morgan fingerprint density at radius 1 is 1.27 bits per heavy atom. The summed E-state index contributed by atoms with van der Waals surface area (Å²) >= 11 is 7.07. The number of carbonyl (C=O) groups excluding carboxylic acids is 1. The number of benzene rings is 2. The van der Waals surface area contributed by atoms with Crippen LogP contribution >= 0.6 is 23.4 Å². The van der Waals surface area contributed by atoms with E-state index in [1.807, 2.05) is 35.8 Å². The number of thioether (sulfide) groups is 1. The molecule has 0 spiro atoms. The van der Waals surface area contributed by atoms with Crippen molar-refractivity contribution < 1.29 is 9.72 Å². The molecule has 0 fully saturated rings. The zero-order chi connectivity index (χ0) is 21.7. The molecule has 1 heterocycles. The molecule has 0 bridgehead atoms. The molecule has 0 unspecified atom stereocenters. The number of rotatable bonds is 8. The molecule has 1 amide bonds. The van der Waals surface area contributed by atoms with Crippen molar-refractivity contribution in [2.24, 2.45) is 0 Å². The molecule has 0 radical (unpaired) electrons. The minimum atomic E-state index is -0.590. The van der Waals surface area contributed by atoms with Gasteiger partial charge in [-0.1, -0.05) is 54.0 Å². The van der Waals surface area contributed by atoms with Crippen molar-refractivity contribution in [3.8, 4) is 11.4 Å². The molecule has 0 saturated carbocycles. The Morgan fingerprint density at radius 3 is 2.77 bits per heavy atom. The monoisotopic (exact) mass is 445 g/mol. The number of nitrogens with one attached hydrogen (secondary N) is 1. The lowest BCUT2D eigenvalue weighted by Crippen LogP contribution is -2.15. The van der Waals surface area contributed by atoms with E-state index in [1.54, 1.807) is 0 Å². The number of nitro benzene ring substituents is 1. The van der Waals surface area contributed by atoms with Gasteiger partial charge in [-0.05, 0) is 31.5 Å². The van der Waals surface area contributed by atoms with Crippen LogP contribution in [0.3, 0.4) is 0 Å². The number of nitrogens with zero attached hydrogens (tertiary/aromatic N) is 4. The van der Waals surface area contributed by atoms with E-state index >= 15 is 0 Å². The lowest BCUT2D eigenvalue weighted by atomic mass is 10.1. The second-order valence-corrected chi connectivity index (χ2v) is 7.94. The van der Waals surface area contributed by atoms with Crippen LogP contribution in [-0.2, 0) is 11.3 Å². The molecule has 0 saturated heterocycles. The summed E-state index contributed by atoms with van der Waals surface area (Å²) in [5.41, 5.74) is 2.16. The molecule has 3 rings (SSSR count). The summed E-state index contributed by atoms with van der Waals surface area (Å²) in [6, 6.07) is 12.2. The molecule has 0 atom stereocenters. The fraction of sp³-hybridized carbons (Fsp3) is 0.250. The van der Waals surface area contributed by atoms with E-state index in [2.05, 4.69) is 22.4 Å². The van der Waals surface area contributed by atoms with E-state index in [0.717, 1.165) is 29.9 Å². The van der Waals surface area contributed by atoms with Gasteiger partial charge in [-0.15, -0.1) is 10.2 Å². The summed E-state index contributed by atoms with van der Waals surface area (Å²) < 4.78 is 2.00. The quantitative estimate of drug-likeness (QED) is 0.298. The standard InChI is InChI=1S/C20H20ClN5O3S/c1-3-9-25-19(14-6-4-5-13(2)10-14)23-24-20(25)30-12-18(27)22-15-7-8-16(21)17(11-15)26(28)29/h4-8,10-11H,3,9,12H2,1-2H3,(H,22,27). The highest BCUT2D eigenvalue weighted by Gasteiger charge is 2.17. The van der Waals surface area contributed by atoms with Gasteiger partial charge >= 0.3 is 0 Å². The summed E-state index contributed by atoms with van der Waals surface area (Å²) in [6.07, 6.45) is 0.894. The normalized spacial score (nSPS) is 10.8. The first-order valence-corrected chi connectivity index (χ1v) is 10.6. The van der Waals surface area contributed by atoms with Gasteiger partial charge in [-0.25, -0.2) is 0 Å². The Balaban J connectivity index is 1.72. The predicted octanol–water partition coefficient (Wildman–Crippen LogP) is 4.96. The zero-order valence-electron chi connectivity index (χ0n) is 16.5. The Hall–Kier alpha value is -2.91.